The second-order valence-corrected chi connectivity index (χ2v) is 5.32. The molecule has 0 bridgehead atoms. The van der Waals surface area contributed by atoms with Crippen LogP contribution in [0.3, 0.4) is 0 Å². The Hall–Kier alpha value is -3.71. The van der Waals surface area contributed by atoms with Gasteiger partial charge in [0.15, 0.2) is 0 Å². The molecular formula is C21H15N3O. The van der Waals surface area contributed by atoms with Gasteiger partial charge in [-0.25, -0.2) is 5.43 Å². The van der Waals surface area contributed by atoms with E-state index < -0.39 is 0 Å². The van der Waals surface area contributed by atoms with Crippen LogP contribution in [-0.2, 0) is 0 Å². The van der Waals surface area contributed by atoms with Crippen LogP contribution in [-0.4, -0.2) is 11.6 Å². The van der Waals surface area contributed by atoms with Crippen LogP contribution in [0.1, 0.15) is 27.0 Å². The van der Waals surface area contributed by atoms with E-state index in [0.29, 0.717) is 16.8 Å². The maximum absolute atomic E-state index is 12.3. The summed E-state index contributed by atoms with van der Waals surface area (Å²) in [5, 5.41) is 13.2. The first-order valence-electron chi connectivity index (χ1n) is 7.77. The number of rotatable bonds is 4. The number of hydrogen-bond acceptors (Lipinski definition) is 3. The van der Waals surface area contributed by atoms with Crippen molar-refractivity contribution in [3.63, 3.8) is 0 Å². The van der Waals surface area contributed by atoms with Gasteiger partial charge in [0.05, 0.1) is 17.3 Å². The summed E-state index contributed by atoms with van der Waals surface area (Å²) in [7, 11) is 0. The number of nitriles is 1. The van der Waals surface area contributed by atoms with Crippen molar-refractivity contribution in [1.82, 2.24) is 5.43 Å². The van der Waals surface area contributed by atoms with E-state index in [9.17, 15) is 4.79 Å². The molecule has 0 aliphatic heterocycles. The summed E-state index contributed by atoms with van der Waals surface area (Å²) < 4.78 is 0. The van der Waals surface area contributed by atoms with Crippen molar-refractivity contribution >= 4 is 11.6 Å². The summed E-state index contributed by atoms with van der Waals surface area (Å²) >= 11 is 0. The number of nitrogens with one attached hydrogen (secondary N) is 1. The van der Waals surface area contributed by atoms with Crippen LogP contribution < -0.4 is 5.43 Å². The molecule has 0 aliphatic rings. The largest absolute Gasteiger partial charge is 0.271 e. The van der Waals surface area contributed by atoms with Crippen LogP contribution in [0.2, 0.25) is 0 Å². The van der Waals surface area contributed by atoms with E-state index in [1.54, 1.807) is 24.3 Å². The van der Waals surface area contributed by atoms with E-state index >= 15 is 0 Å². The highest BCUT2D eigenvalue weighted by Gasteiger charge is 2.09. The van der Waals surface area contributed by atoms with Crippen LogP contribution in [0, 0.1) is 11.3 Å². The van der Waals surface area contributed by atoms with Gasteiger partial charge in [-0.2, -0.15) is 10.4 Å². The minimum absolute atomic E-state index is 0.325. The standard InChI is InChI=1S/C21H15N3O/c22-15-16-11-13-19(14-12-16)21(25)24-23-20(17-7-3-1-4-8-17)18-9-5-2-6-10-18/h1-14H,(H,24,25). The first-order chi connectivity index (χ1) is 12.3. The second-order valence-electron chi connectivity index (χ2n) is 5.32. The number of nitrogens with zero attached hydrogens (tertiary/aromatic N) is 2. The highest BCUT2D eigenvalue weighted by molar-refractivity contribution is 6.13. The molecule has 25 heavy (non-hydrogen) atoms. The summed E-state index contributed by atoms with van der Waals surface area (Å²) in [6.07, 6.45) is 0. The minimum Gasteiger partial charge on any atom is -0.267 e. The summed E-state index contributed by atoms with van der Waals surface area (Å²) in [5.41, 5.74) is 6.06. The second kappa shape index (κ2) is 7.71. The van der Waals surface area contributed by atoms with Crippen molar-refractivity contribution in [2.45, 2.75) is 0 Å². The zero-order chi connectivity index (χ0) is 17.5. The van der Waals surface area contributed by atoms with Crippen LogP contribution in [0.25, 0.3) is 0 Å². The SMILES string of the molecule is N#Cc1ccc(C(=O)NN=C(c2ccccc2)c2ccccc2)cc1. The lowest BCUT2D eigenvalue weighted by Gasteiger charge is -2.08. The van der Waals surface area contributed by atoms with Crippen molar-refractivity contribution in [2.24, 2.45) is 5.10 Å². The predicted molar refractivity (Wildman–Crippen MR) is 97.1 cm³/mol. The lowest BCUT2D eigenvalue weighted by molar-refractivity contribution is 0.0955. The van der Waals surface area contributed by atoms with E-state index in [2.05, 4.69) is 10.5 Å². The smallest absolute Gasteiger partial charge is 0.267 e. The average Bonchev–Trinajstić information content (AvgIpc) is 2.70. The molecule has 0 saturated carbocycles. The predicted octanol–water partition coefficient (Wildman–Crippen LogP) is 3.74. The Kier molecular flexibility index (Phi) is 4.98. The quantitative estimate of drug-likeness (QED) is 0.586. The van der Waals surface area contributed by atoms with Gasteiger partial charge in [-0.05, 0) is 24.3 Å². The molecule has 0 aliphatic carbocycles. The summed E-state index contributed by atoms with van der Waals surface area (Å²) in [6, 6.07) is 27.8. The molecule has 120 valence electrons. The fourth-order valence-electron chi connectivity index (χ4n) is 2.36. The molecular weight excluding hydrogens is 310 g/mol. The topological polar surface area (TPSA) is 65.2 Å². The number of carbonyl (C=O) groups excluding carboxylic acids is 1. The highest BCUT2D eigenvalue weighted by atomic mass is 16.2. The molecule has 3 aromatic rings. The number of carbonyl (C=O) groups is 1. The first kappa shape index (κ1) is 16.2. The molecule has 0 radical (unpaired) electrons. The monoisotopic (exact) mass is 325 g/mol. The van der Waals surface area contributed by atoms with Crippen molar-refractivity contribution in [3.05, 3.63) is 107 Å². The van der Waals surface area contributed by atoms with Crippen LogP contribution >= 0.6 is 0 Å². The Bertz CT molecular complexity index is 883. The molecule has 1 amide bonds. The third-order valence-corrected chi connectivity index (χ3v) is 3.64. The van der Waals surface area contributed by atoms with E-state index in [0.717, 1.165) is 11.1 Å². The highest BCUT2D eigenvalue weighted by Crippen LogP contribution is 2.11. The lowest BCUT2D eigenvalue weighted by atomic mass is 10.0. The first-order valence-corrected chi connectivity index (χ1v) is 7.77. The molecule has 0 fully saturated rings. The molecule has 0 unspecified atom stereocenters. The van der Waals surface area contributed by atoms with E-state index in [-0.39, 0.29) is 5.91 Å². The number of hydrazone groups is 1. The van der Waals surface area contributed by atoms with E-state index in [4.69, 9.17) is 5.26 Å². The molecule has 0 atom stereocenters. The summed E-state index contributed by atoms with van der Waals surface area (Å²) in [4.78, 5) is 12.3. The molecule has 3 aromatic carbocycles. The third kappa shape index (κ3) is 3.98. The molecule has 0 saturated heterocycles. The maximum Gasteiger partial charge on any atom is 0.271 e. The van der Waals surface area contributed by atoms with Crippen LogP contribution in [0.5, 0.6) is 0 Å². The normalized spacial score (nSPS) is 9.72. The van der Waals surface area contributed by atoms with Gasteiger partial charge in [0.1, 0.15) is 0 Å². The van der Waals surface area contributed by atoms with Gasteiger partial charge < -0.3 is 0 Å². The number of benzene rings is 3. The fraction of sp³-hybridized carbons (Fsp3) is 0. The van der Waals surface area contributed by atoms with E-state index in [1.807, 2.05) is 66.7 Å². The van der Waals surface area contributed by atoms with Gasteiger partial charge in [0.2, 0.25) is 0 Å². The van der Waals surface area contributed by atoms with Gasteiger partial charge >= 0.3 is 0 Å². The van der Waals surface area contributed by atoms with Crippen molar-refractivity contribution < 1.29 is 4.79 Å². The zero-order valence-corrected chi connectivity index (χ0v) is 13.4. The Labute approximate surface area is 146 Å². The fourth-order valence-corrected chi connectivity index (χ4v) is 2.36. The van der Waals surface area contributed by atoms with Crippen molar-refractivity contribution in [1.29, 1.82) is 5.26 Å². The molecule has 4 nitrogen and oxygen atoms in total. The molecule has 0 aromatic heterocycles. The van der Waals surface area contributed by atoms with Gasteiger partial charge in [0, 0.05) is 16.7 Å². The van der Waals surface area contributed by atoms with Crippen LogP contribution in [0.4, 0.5) is 0 Å². The summed E-state index contributed by atoms with van der Waals surface area (Å²) in [5.74, 6) is -0.325. The maximum atomic E-state index is 12.3. The third-order valence-electron chi connectivity index (χ3n) is 3.64. The van der Waals surface area contributed by atoms with Crippen molar-refractivity contribution in [2.75, 3.05) is 0 Å². The van der Waals surface area contributed by atoms with Gasteiger partial charge in [-0.1, -0.05) is 60.7 Å². The number of amides is 1. The molecule has 3 rings (SSSR count). The molecule has 0 heterocycles. The Balaban J connectivity index is 1.88. The molecule has 1 N–H and O–H groups in total. The lowest BCUT2D eigenvalue weighted by Crippen LogP contribution is -2.20. The van der Waals surface area contributed by atoms with Gasteiger partial charge in [0.25, 0.3) is 5.91 Å². The van der Waals surface area contributed by atoms with E-state index in [1.165, 1.54) is 0 Å². The zero-order valence-electron chi connectivity index (χ0n) is 13.4. The van der Waals surface area contributed by atoms with Crippen molar-refractivity contribution in [3.8, 4) is 6.07 Å². The summed E-state index contributed by atoms with van der Waals surface area (Å²) in [6.45, 7) is 0. The van der Waals surface area contributed by atoms with Gasteiger partial charge in [-0.3, -0.25) is 4.79 Å². The van der Waals surface area contributed by atoms with Crippen LogP contribution in [0.15, 0.2) is 90.0 Å². The molecule has 0 spiro atoms. The average molecular weight is 325 g/mol. The Morgan fingerprint density at radius 3 is 1.76 bits per heavy atom. The molecule has 4 heteroatoms. The Morgan fingerprint density at radius 1 is 0.760 bits per heavy atom. The minimum atomic E-state index is -0.325. The Morgan fingerprint density at radius 2 is 1.28 bits per heavy atom. The number of hydrogen-bond donors (Lipinski definition) is 1. The van der Waals surface area contributed by atoms with Gasteiger partial charge in [-0.15, -0.1) is 0 Å².